The molecule has 0 bridgehead atoms. The van der Waals surface area contributed by atoms with E-state index in [0.717, 1.165) is 24.3 Å². The monoisotopic (exact) mass is 287 g/mol. The van der Waals surface area contributed by atoms with Gasteiger partial charge in [-0.1, -0.05) is 12.1 Å². The number of hydrogen-bond donors (Lipinski definition) is 1. The van der Waals surface area contributed by atoms with Gasteiger partial charge in [-0.15, -0.1) is 0 Å². The van der Waals surface area contributed by atoms with Crippen LogP contribution in [0.1, 0.15) is 36.0 Å². The molecule has 1 aliphatic rings. The molecule has 0 saturated carbocycles. The minimum Gasteiger partial charge on any atom is -0.497 e. The van der Waals surface area contributed by atoms with E-state index in [1.165, 1.54) is 0 Å². The van der Waals surface area contributed by atoms with Crippen molar-refractivity contribution in [2.75, 3.05) is 7.11 Å². The van der Waals surface area contributed by atoms with Crippen molar-refractivity contribution < 1.29 is 14.6 Å². The lowest BCUT2D eigenvalue weighted by atomic mass is 10.00. The minimum atomic E-state index is -0.820. The van der Waals surface area contributed by atoms with Gasteiger partial charge in [0.15, 0.2) is 5.82 Å². The van der Waals surface area contributed by atoms with Gasteiger partial charge in [0.1, 0.15) is 17.5 Å². The average Bonchev–Trinajstić information content (AvgIpc) is 2.89. The van der Waals surface area contributed by atoms with E-state index < -0.39 is 11.9 Å². The molecule has 2 heterocycles. The summed E-state index contributed by atoms with van der Waals surface area (Å²) in [4.78, 5) is 15.7. The highest BCUT2D eigenvalue weighted by Gasteiger charge is 2.29. The number of ether oxygens (including phenoxy) is 1. The minimum absolute atomic E-state index is 0.532. The Morgan fingerprint density at radius 2 is 2.19 bits per heavy atom. The fraction of sp³-hybridized carbons (Fsp3) is 0.400. The Balaban J connectivity index is 1.82. The third-order valence-electron chi connectivity index (χ3n) is 3.74. The lowest BCUT2D eigenvalue weighted by Gasteiger charge is -2.17. The number of carboxylic acid groups (broad SMARTS) is 1. The van der Waals surface area contributed by atoms with E-state index in [0.29, 0.717) is 24.5 Å². The molecule has 21 heavy (non-hydrogen) atoms. The van der Waals surface area contributed by atoms with Crippen LogP contribution in [0.4, 0.5) is 0 Å². The molecule has 1 aromatic carbocycles. The van der Waals surface area contributed by atoms with Gasteiger partial charge in [0.2, 0.25) is 0 Å². The van der Waals surface area contributed by atoms with Crippen LogP contribution < -0.4 is 4.74 Å². The molecule has 1 unspecified atom stereocenters. The molecule has 1 aliphatic heterocycles. The predicted molar refractivity (Wildman–Crippen MR) is 75.4 cm³/mol. The SMILES string of the molecule is COc1ccc(Cc2nc3n(n2)CCCC3C(=O)O)cc1. The van der Waals surface area contributed by atoms with Crippen molar-refractivity contribution in [1.82, 2.24) is 14.8 Å². The highest BCUT2D eigenvalue weighted by atomic mass is 16.5. The molecule has 110 valence electrons. The zero-order valence-corrected chi connectivity index (χ0v) is 11.8. The van der Waals surface area contributed by atoms with Crippen molar-refractivity contribution in [3.63, 3.8) is 0 Å². The quantitative estimate of drug-likeness (QED) is 0.928. The molecule has 0 spiro atoms. The van der Waals surface area contributed by atoms with Gasteiger partial charge in [0.25, 0.3) is 0 Å². The summed E-state index contributed by atoms with van der Waals surface area (Å²) >= 11 is 0. The van der Waals surface area contributed by atoms with Crippen LogP contribution >= 0.6 is 0 Å². The molecule has 0 aliphatic carbocycles. The van der Waals surface area contributed by atoms with Crippen LogP contribution in [-0.4, -0.2) is 33.0 Å². The van der Waals surface area contributed by atoms with Crippen molar-refractivity contribution in [3.8, 4) is 5.75 Å². The number of carbonyl (C=O) groups is 1. The maximum atomic E-state index is 11.3. The molecular weight excluding hydrogens is 270 g/mol. The summed E-state index contributed by atoms with van der Waals surface area (Å²) in [5.41, 5.74) is 1.07. The largest absolute Gasteiger partial charge is 0.497 e. The number of nitrogens with zero attached hydrogens (tertiary/aromatic N) is 3. The molecule has 1 aromatic heterocycles. The van der Waals surface area contributed by atoms with Gasteiger partial charge in [-0.3, -0.25) is 4.79 Å². The van der Waals surface area contributed by atoms with Crippen LogP contribution in [0, 0.1) is 0 Å². The van der Waals surface area contributed by atoms with Gasteiger partial charge >= 0.3 is 5.97 Å². The van der Waals surface area contributed by atoms with Gasteiger partial charge in [-0.05, 0) is 30.5 Å². The van der Waals surface area contributed by atoms with Crippen molar-refractivity contribution in [2.45, 2.75) is 31.7 Å². The van der Waals surface area contributed by atoms with Crippen LogP contribution in [-0.2, 0) is 17.8 Å². The van der Waals surface area contributed by atoms with Crippen molar-refractivity contribution in [1.29, 1.82) is 0 Å². The third kappa shape index (κ3) is 2.74. The van der Waals surface area contributed by atoms with Crippen LogP contribution in [0.5, 0.6) is 5.75 Å². The van der Waals surface area contributed by atoms with E-state index in [2.05, 4.69) is 10.1 Å². The van der Waals surface area contributed by atoms with Crippen molar-refractivity contribution in [2.24, 2.45) is 0 Å². The Hall–Kier alpha value is -2.37. The molecule has 6 heteroatoms. The number of aryl methyl sites for hydroxylation is 1. The number of aromatic nitrogens is 3. The van der Waals surface area contributed by atoms with Gasteiger partial charge in [0.05, 0.1) is 7.11 Å². The predicted octanol–water partition coefficient (Wildman–Crippen LogP) is 1.84. The summed E-state index contributed by atoms with van der Waals surface area (Å²) in [6.07, 6.45) is 2.06. The Morgan fingerprint density at radius 3 is 2.86 bits per heavy atom. The lowest BCUT2D eigenvalue weighted by molar-refractivity contribution is -0.139. The Bertz CT molecular complexity index is 649. The van der Waals surface area contributed by atoms with E-state index in [1.807, 2.05) is 24.3 Å². The highest BCUT2D eigenvalue weighted by molar-refractivity contribution is 5.75. The van der Waals surface area contributed by atoms with Gasteiger partial charge in [-0.2, -0.15) is 5.10 Å². The zero-order valence-electron chi connectivity index (χ0n) is 11.8. The van der Waals surface area contributed by atoms with E-state index in [9.17, 15) is 9.90 Å². The van der Waals surface area contributed by atoms with E-state index in [4.69, 9.17) is 4.74 Å². The first kappa shape index (κ1) is 13.6. The second-order valence-electron chi connectivity index (χ2n) is 5.17. The topological polar surface area (TPSA) is 77.2 Å². The van der Waals surface area contributed by atoms with Crippen molar-refractivity contribution >= 4 is 5.97 Å². The number of carboxylic acids is 1. The Morgan fingerprint density at radius 1 is 1.43 bits per heavy atom. The standard InChI is InChI=1S/C15H17N3O3/c1-21-11-6-4-10(5-7-11)9-13-16-14-12(15(19)20)3-2-8-18(14)17-13/h4-7,12H,2-3,8-9H2,1H3,(H,19,20). The summed E-state index contributed by atoms with van der Waals surface area (Å²) in [6.45, 7) is 0.745. The second kappa shape index (κ2) is 5.55. The summed E-state index contributed by atoms with van der Waals surface area (Å²) in [5, 5.41) is 13.7. The molecule has 6 nitrogen and oxygen atoms in total. The molecule has 1 N–H and O–H groups in total. The first-order valence-corrected chi connectivity index (χ1v) is 6.96. The number of hydrogen-bond acceptors (Lipinski definition) is 4. The number of benzene rings is 1. The molecule has 1 atom stereocenters. The van der Waals surface area contributed by atoms with Crippen molar-refractivity contribution in [3.05, 3.63) is 41.5 Å². The molecule has 0 fully saturated rings. The Labute approximate surface area is 122 Å². The van der Waals surface area contributed by atoms with Gasteiger partial charge in [-0.25, -0.2) is 9.67 Å². The maximum absolute atomic E-state index is 11.3. The molecule has 3 rings (SSSR count). The van der Waals surface area contributed by atoms with Crippen LogP contribution in [0.25, 0.3) is 0 Å². The number of aliphatic carboxylic acids is 1. The number of fused-ring (bicyclic) bond motifs is 1. The third-order valence-corrected chi connectivity index (χ3v) is 3.74. The maximum Gasteiger partial charge on any atom is 0.314 e. The summed E-state index contributed by atoms with van der Waals surface area (Å²) < 4.78 is 6.86. The van der Waals surface area contributed by atoms with Crippen LogP contribution in [0.3, 0.4) is 0 Å². The fourth-order valence-electron chi connectivity index (χ4n) is 2.63. The van der Waals surface area contributed by atoms with Crippen LogP contribution in [0.15, 0.2) is 24.3 Å². The summed E-state index contributed by atoms with van der Waals surface area (Å²) in [6, 6.07) is 7.72. The van der Waals surface area contributed by atoms with E-state index in [-0.39, 0.29) is 0 Å². The molecule has 0 saturated heterocycles. The van der Waals surface area contributed by atoms with Gasteiger partial charge in [0, 0.05) is 13.0 Å². The second-order valence-corrected chi connectivity index (χ2v) is 5.17. The number of methoxy groups -OCH3 is 1. The molecule has 0 radical (unpaired) electrons. The zero-order chi connectivity index (χ0) is 14.8. The normalized spacial score (nSPS) is 17.3. The van der Waals surface area contributed by atoms with E-state index >= 15 is 0 Å². The summed E-state index contributed by atoms with van der Waals surface area (Å²) in [7, 11) is 1.63. The molecule has 2 aromatic rings. The van der Waals surface area contributed by atoms with Crippen LogP contribution in [0.2, 0.25) is 0 Å². The number of rotatable bonds is 4. The smallest absolute Gasteiger partial charge is 0.314 e. The first-order chi connectivity index (χ1) is 10.2. The molecule has 0 amide bonds. The molecular formula is C15H17N3O3. The Kier molecular flexibility index (Phi) is 3.60. The fourth-order valence-corrected chi connectivity index (χ4v) is 2.63. The lowest BCUT2D eigenvalue weighted by Crippen LogP contribution is -2.22. The first-order valence-electron chi connectivity index (χ1n) is 6.96. The van der Waals surface area contributed by atoms with E-state index in [1.54, 1.807) is 11.8 Å². The summed E-state index contributed by atoms with van der Waals surface area (Å²) in [5.74, 6) is 0.706. The average molecular weight is 287 g/mol. The highest BCUT2D eigenvalue weighted by Crippen LogP contribution is 2.26. The van der Waals surface area contributed by atoms with Gasteiger partial charge < -0.3 is 9.84 Å².